The summed E-state index contributed by atoms with van der Waals surface area (Å²) < 4.78 is 26.5. The van der Waals surface area contributed by atoms with Crippen molar-refractivity contribution in [3.8, 4) is 0 Å². The zero-order valence-corrected chi connectivity index (χ0v) is 22.6. The van der Waals surface area contributed by atoms with Crippen LogP contribution in [0, 0.1) is 0 Å². The second-order valence-electron chi connectivity index (χ2n) is 9.71. The van der Waals surface area contributed by atoms with E-state index < -0.39 is 22.0 Å². The molecule has 1 atom stereocenters. The fourth-order valence-corrected chi connectivity index (χ4v) is 4.78. The summed E-state index contributed by atoms with van der Waals surface area (Å²) in [4.78, 5) is 27.9. The first-order valence-electron chi connectivity index (χ1n) is 12.1. The van der Waals surface area contributed by atoms with Crippen molar-refractivity contribution in [1.82, 2.24) is 10.2 Å². The van der Waals surface area contributed by atoms with Crippen molar-refractivity contribution in [2.45, 2.75) is 58.9 Å². The third-order valence-electron chi connectivity index (χ3n) is 5.92. The molecule has 0 unspecified atom stereocenters. The van der Waals surface area contributed by atoms with Crippen LogP contribution in [-0.2, 0) is 31.4 Å². The van der Waals surface area contributed by atoms with Gasteiger partial charge in [0.1, 0.15) is 12.6 Å². The van der Waals surface area contributed by atoms with Crippen LogP contribution >= 0.6 is 0 Å². The number of benzene rings is 2. The summed E-state index contributed by atoms with van der Waals surface area (Å²) in [6, 6.07) is 16.2. The maximum absolute atomic E-state index is 13.6. The Kier molecular flexibility index (Phi) is 9.89. The Morgan fingerprint density at radius 2 is 1.57 bits per heavy atom. The molecule has 7 nitrogen and oxygen atoms in total. The highest BCUT2D eigenvalue weighted by Crippen LogP contribution is 2.26. The van der Waals surface area contributed by atoms with Crippen LogP contribution in [-0.4, -0.2) is 57.1 Å². The molecular formula is C27H39N3O4S. The Bertz CT molecular complexity index is 1080. The smallest absolute Gasteiger partial charge is 0.244 e. The van der Waals surface area contributed by atoms with E-state index in [0.717, 1.165) is 21.7 Å². The van der Waals surface area contributed by atoms with Gasteiger partial charge >= 0.3 is 0 Å². The van der Waals surface area contributed by atoms with Gasteiger partial charge in [-0.05, 0) is 48.4 Å². The van der Waals surface area contributed by atoms with Crippen molar-refractivity contribution in [3.63, 3.8) is 0 Å². The predicted octanol–water partition coefficient (Wildman–Crippen LogP) is 3.74. The maximum Gasteiger partial charge on any atom is 0.244 e. The number of hydrogen-bond acceptors (Lipinski definition) is 4. The highest BCUT2D eigenvalue weighted by molar-refractivity contribution is 7.92. The average molecular weight is 502 g/mol. The largest absolute Gasteiger partial charge is 0.355 e. The standard InChI is InChI=1S/C27H39N3O4S/c1-7-24(26(32)28-8-2)29(19-18-21-12-10-9-11-13-21)25(31)20-30(35(6,33)34)23-16-14-22(15-17-23)27(3,4)5/h9-17,24H,7-8,18-20H2,1-6H3,(H,28,32)/t24-/m1/s1. The number of nitrogens with zero attached hydrogens (tertiary/aromatic N) is 2. The van der Waals surface area contributed by atoms with E-state index in [2.05, 4.69) is 26.1 Å². The van der Waals surface area contributed by atoms with Crippen molar-refractivity contribution in [3.05, 3.63) is 65.7 Å². The molecule has 2 rings (SSSR count). The summed E-state index contributed by atoms with van der Waals surface area (Å²) in [7, 11) is -3.74. The van der Waals surface area contributed by atoms with E-state index in [4.69, 9.17) is 0 Å². The molecule has 0 saturated carbocycles. The van der Waals surface area contributed by atoms with Crippen LogP contribution in [0.25, 0.3) is 0 Å². The molecule has 192 valence electrons. The van der Waals surface area contributed by atoms with Gasteiger partial charge in [0.25, 0.3) is 0 Å². The molecule has 2 aromatic carbocycles. The lowest BCUT2D eigenvalue weighted by Crippen LogP contribution is -2.53. The number of likely N-dealkylation sites (N-methyl/N-ethyl adjacent to an activating group) is 1. The Morgan fingerprint density at radius 1 is 0.971 bits per heavy atom. The first kappa shape index (κ1) is 28.4. The topological polar surface area (TPSA) is 86.8 Å². The molecule has 2 aromatic rings. The quantitative estimate of drug-likeness (QED) is 0.508. The van der Waals surface area contributed by atoms with Crippen LogP contribution in [0.5, 0.6) is 0 Å². The molecule has 8 heteroatoms. The molecule has 0 bridgehead atoms. The van der Waals surface area contributed by atoms with Crippen LogP contribution < -0.4 is 9.62 Å². The average Bonchev–Trinajstić information content (AvgIpc) is 2.79. The summed E-state index contributed by atoms with van der Waals surface area (Å²) in [6.07, 6.45) is 2.07. The van der Waals surface area contributed by atoms with Gasteiger partial charge in [0.15, 0.2) is 0 Å². The molecular weight excluding hydrogens is 462 g/mol. The minimum absolute atomic E-state index is 0.0838. The summed E-state index contributed by atoms with van der Waals surface area (Å²) in [5.74, 6) is -0.652. The minimum atomic E-state index is -3.74. The SMILES string of the molecule is CCNC(=O)[C@@H](CC)N(CCc1ccccc1)C(=O)CN(c1ccc(C(C)(C)C)cc1)S(C)(=O)=O. The molecule has 2 amide bonds. The minimum Gasteiger partial charge on any atom is -0.355 e. The summed E-state index contributed by atoms with van der Waals surface area (Å²) in [5, 5.41) is 2.80. The van der Waals surface area contributed by atoms with Gasteiger partial charge in [-0.2, -0.15) is 0 Å². The van der Waals surface area contributed by atoms with Gasteiger partial charge in [0.05, 0.1) is 11.9 Å². The second-order valence-corrected chi connectivity index (χ2v) is 11.6. The lowest BCUT2D eigenvalue weighted by molar-refractivity contribution is -0.139. The first-order valence-corrected chi connectivity index (χ1v) is 13.9. The third kappa shape index (κ3) is 8.09. The van der Waals surface area contributed by atoms with Crippen molar-refractivity contribution in [1.29, 1.82) is 0 Å². The molecule has 0 fully saturated rings. The van der Waals surface area contributed by atoms with E-state index in [1.54, 1.807) is 12.1 Å². The van der Waals surface area contributed by atoms with Crippen molar-refractivity contribution >= 4 is 27.5 Å². The van der Waals surface area contributed by atoms with Crippen LogP contribution in [0.15, 0.2) is 54.6 Å². The predicted molar refractivity (Wildman–Crippen MR) is 142 cm³/mol. The number of carbonyl (C=O) groups excluding carboxylic acids is 2. The van der Waals surface area contributed by atoms with Gasteiger partial charge in [0.2, 0.25) is 21.8 Å². The van der Waals surface area contributed by atoms with Crippen molar-refractivity contribution in [2.24, 2.45) is 0 Å². The Labute approximate surface area is 210 Å². The normalized spacial score (nSPS) is 12.6. The summed E-state index contributed by atoms with van der Waals surface area (Å²) in [6.45, 7) is 10.3. The Hall–Kier alpha value is -2.87. The zero-order chi connectivity index (χ0) is 26.2. The molecule has 0 aliphatic heterocycles. The molecule has 0 radical (unpaired) electrons. The molecule has 0 aromatic heterocycles. The van der Waals surface area contributed by atoms with Gasteiger partial charge in [-0.25, -0.2) is 8.42 Å². The van der Waals surface area contributed by atoms with Gasteiger partial charge < -0.3 is 10.2 Å². The number of rotatable bonds is 11. The fraction of sp³-hybridized carbons (Fsp3) is 0.481. The number of amides is 2. The molecule has 1 N–H and O–H groups in total. The van der Waals surface area contributed by atoms with Crippen LogP contribution in [0.2, 0.25) is 0 Å². The number of nitrogens with one attached hydrogen (secondary N) is 1. The van der Waals surface area contributed by atoms with Gasteiger partial charge in [-0.15, -0.1) is 0 Å². The van der Waals surface area contributed by atoms with Gasteiger partial charge in [-0.1, -0.05) is 70.2 Å². The summed E-state index contributed by atoms with van der Waals surface area (Å²) >= 11 is 0. The maximum atomic E-state index is 13.6. The van der Waals surface area contributed by atoms with Crippen molar-refractivity contribution < 1.29 is 18.0 Å². The highest BCUT2D eigenvalue weighted by atomic mass is 32.2. The molecule has 0 aliphatic carbocycles. The first-order chi connectivity index (χ1) is 16.4. The lowest BCUT2D eigenvalue weighted by atomic mass is 9.87. The molecule has 0 spiro atoms. The fourth-order valence-electron chi connectivity index (χ4n) is 3.93. The molecule has 0 saturated heterocycles. The van der Waals surface area contributed by atoms with Gasteiger partial charge in [-0.3, -0.25) is 13.9 Å². The van der Waals surface area contributed by atoms with Crippen LogP contribution in [0.1, 0.15) is 52.2 Å². The van der Waals surface area contributed by atoms with E-state index in [0.29, 0.717) is 31.6 Å². The Balaban J connectivity index is 2.36. The van der Waals surface area contributed by atoms with Gasteiger partial charge in [0, 0.05) is 13.1 Å². The molecule has 0 aliphatic rings. The monoisotopic (exact) mass is 501 g/mol. The number of hydrogen-bond donors (Lipinski definition) is 1. The highest BCUT2D eigenvalue weighted by Gasteiger charge is 2.31. The van der Waals surface area contributed by atoms with E-state index in [1.807, 2.05) is 56.3 Å². The van der Waals surface area contributed by atoms with E-state index in [1.165, 1.54) is 4.90 Å². The van der Waals surface area contributed by atoms with Crippen LogP contribution in [0.4, 0.5) is 5.69 Å². The number of sulfonamides is 1. The Morgan fingerprint density at radius 3 is 2.06 bits per heavy atom. The van der Waals surface area contributed by atoms with Crippen LogP contribution in [0.3, 0.4) is 0 Å². The summed E-state index contributed by atoms with van der Waals surface area (Å²) in [5.41, 5.74) is 2.43. The number of anilines is 1. The van der Waals surface area contributed by atoms with E-state index >= 15 is 0 Å². The van der Waals surface area contributed by atoms with Crippen molar-refractivity contribution in [2.75, 3.05) is 30.2 Å². The molecule has 35 heavy (non-hydrogen) atoms. The zero-order valence-electron chi connectivity index (χ0n) is 21.7. The van der Waals surface area contributed by atoms with E-state index in [-0.39, 0.29) is 17.9 Å². The van der Waals surface area contributed by atoms with E-state index in [9.17, 15) is 18.0 Å². The second kappa shape index (κ2) is 12.2. The lowest BCUT2D eigenvalue weighted by Gasteiger charge is -2.33. The third-order valence-corrected chi connectivity index (χ3v) is 7.06. The molecule has 0 heterocycles. The number of carbonyl (C=O) groups is 2.